The molecule has 0 aliphatic rings. The van der Waals surface area contributed by atoms with Crippen molar-refractivity contribution in [2.24, 2.45) is 0 Å². The lowest BCUT2D eigenvalue weighted by atomic mass is 10.3. The molecule has 0 aliphatic heterocycles. The number of thioether (sulfide) groups is 1. The first-order chi connectivity index (χ1) is 6.33. The van der Waals surface area contributed by atoms with Crippen molar-refractivity contribution in [3.8, 4) is 0 Å². The second kappa shape index (κ2) is 6.46. The third kappa shape index (κ3) is 4.69. The molecule has 1 heterocycles. The van der Waals surface area contributed by atoms with Crippen LogP contribution in [0.3, 0.4) is 0 Å². The van der Waals surface area contributed by atoms with Gasteiger partial charge < -0.3 is 5.11 Å². The summed E-state index contributed by atoms with van der Waals surface area (Å²) in [7, 11) is 0. The van der Waals surface area contributed by atoms with Crippen LogP contribution in [0.2, 0.25) is 0 Å². The predicted molar refractivity (Wildman–Crippen MR) is 61.6 cm³/mol. The van der Waals surface area contributed by atoms with Gasteiger partial charge in [-0.25, -0.2) is 0 Å². The molecule has 3 heteroatoms. The lowest BCUT2D eigenvalue weighted by molar-refractivity contribution is 0.289. The van der Waals surface area contributed by atoms with Gasteiger partial charge in [0, 0.05) is 16.7 Å². The zero-order valence-electron chi connectivity index (χ0n) is 7.90. The molecule has 0 bridgehead atoms. The predicted octanol–water partition coefficient (Wildman–Crippen LogP) is 2.79. The van der Waals surface area contributed by atoms with Crippen LogP contribution in [0.25, 0.3) is 0 Å². The SMILES string of the molecule is CC(CCO)SCCc1cccs1. The van der Waals surface area contributed by atoms with E-state index < -0.39 is 0 Å². The summed E-state index contributed by atoms with van der Waals surface area (Å²) in [5.74, 6) is 1.17. The second-order valence-electron chi connectivity index (χ2n) is 3.02. The molecule has 13 heavy (non-hydrogen) atoms. The van der Waals surface area contributed by atoms with E-state index in [0.717, 1.165) is 12.8 Å². The first-order valence-electron chi connectivity index (χ1n) is 4.57. The molecule has 0 radical (unpaired) electrons. The molecule has 0 aromatic carbocycles. The van der Waals surface area contributed by atoms with E-state index in [1.54, 1.807) is 0 Å². The maximum Gasteiger partial charge on any atom is 0.0441 e. The van der Waals surface area contributed by atoms with Crippen LogP contribution in [0, 0.1) is 0 Å². The summed E-state index contributed by atoms with van der Waals surface area (Å²) in [4.78, 5) is 1.46. The maximum atomic E-state index is 8.71. The minimum Gasteiger partial charge on any atom is -0.396 e. The Kier molecular flexibility index (Phi) is 5.51. The van der Waals surface area contributed by atoms with Crippen LogP contribution >= 0.6 is 23.1 Å². The summed E-state index contributed by atoms with van der Waals surface area (Å²) >= 11 is 3.77. The zero-order chi connectivity index (χ0) is 9.52. The highest BCUT2D eigenvalue weighted by molar-refractivity contribution is 7.99. The molecule has 0 fully saturated rings. The minimum atomic E-state index is 0.313. The van der Waals surface area contributed by atoms with Crippen molar-refractivity contribution in [2.75, 3.05) is 12.4 Å². The van der Waals surface area contributed by atoms with Crippen molar-refractivity contribution >= 4 is 23.1 Å². The van der Waals surface area contributed by atoms with Gasteiger partial charge in [-0.15, -0.1) is 11.3 Å². The van der Waals surface area contributed by atoms with Gasteiger partial charge >= 0.3 is 0 Å². The van der Waals surface area contributed by atoms with Crippen LogP contribution in [-0.2, 0) is 6.42 Å². The fourth-order valence-electron chi connectivity index (χ4n) is 1.08. The van der Waals surface area contributed by atoms with Gasteiger partial charge in [-0.1, -0.05) is 13.0 Å². The summed E-state index contributed by atoms with van der Waals surface area (Å²) < 4.78 is 0. The van der Waals surface area contributed by atoms with Crippen molar-refractivity contribution in [2.45, 2.75) is 25.0 Å². The number of hydrogen-bond donors (Lipinski definition) is 1. The Morgan fingerprint density at radius 3 is 3.08 bits per heavy atom. The van der Waals surface area contributed by atoms with E-state index in [-0.39, 0.29) is 0 Å². The molecule has 1 aromatic heterocycles. The molecule has 74 valence electrons. The van der Waals surface area contributed by atoms with E-state index in [4.69, 9.17) is 5.11 Å². The van der Waals surface area contributed by atoms with E-state index >= 15 is 0 Å². The summed E-state index contributed by atoms with van der Waals surface area (Å²) in [5.41, 5.74) is 0. The highest BCUT2D eigenvalue weighted by Gasteiger charge is 2.01. The van der Waals surface area contributed by atoms with E-state index in [1.165, 1.54) is 10.6 Å². The highest BCUT2D eigenvalue weighted by atomic mass is 32.2. The number of aliphatic hydroxyl groups excluding tert-OH is 1. The summed E-state index contributed by atoms with van der Waals surface area (Å²) in [6, 6.07) is 4.28. The van der Waals surface area contributed by atoms with Gasteiger partial charge in [0.05, 0.1) is 0 Å². The smallest absolute Gasteiger partial charge is 0.0441 e. The topological polar surface area (TPSA) is 20.2 Å². The molecule has 0 saturated heterocycles. The first kappa shape index (κ1) is 11.1. The van der Waals surface area contributed by atoms with E-state index in [9.17, 15) is 0 Å². The molecule has 1 aromatic rings. The molecule has 0 saturated carbocycles. The van der Waals surface area contributed by atoms with Gasteiger partial charge in [0.25, 0.3) is 0 Å². The number of aliphatic hydroxyl groups is 1. The molecule has 1 atom stereocenters. The van der Waals surface area contributed by atoms with Gasteiger partial charge in [0.15, 0.2) is 0 Å². The molecule has 1 nitrogen and oxygen atoms in total. The van der Waals surface area contributed by atoms with Crippen molar-refractivity contribution in [1.82, 2.24) is 0 Å². The average Bonchev–Trinajstić information content (AvgIpc) is 2.57. The average molecular weight is 216 g/mol. The highest BCUT2D eigenvalue weighted by Crippen LogP contribution is 2.17. The maximum absolute atomic E-state index is 8.71. The van der Waals surface area contributed by atoms with Crippen molar-refractivity contribution in [3.05, 3.63) is 22.4 Å². The lowest BCUT2D eigenvalue weighted by Crippen LogP contribution is -2.01. The van der Waals surface area contributed by atoms with Gasteiger partial charge in [-0.3, -0.25) is 0 Å². The Hall–Kier alpha value is 0.01000. The standard InChI is InChI=1S/C10H16OS2/c1-9(4-6-11)12-8-5-10-3-2-7-13-10/h2-3,7,9,11H,4-6,8H2,1H3. The number of hydrogen-bond acceptors (Lipinski definition) is 3. The Morgan fingerprint density at radius 2 is 2.46 bits per heavy atom. The van der Waals surface area contributed by atoms with E-state index in [0.29, 0.717) is 11.9 Å². The van der Waals surface area contributed by atoms with Crippen LogP contribution in [0.1, 0.15) is 18.2 Å². The van der Waals surface area contributed by atoms with Gasteiger partial charge in [0.1, 0.15) is 0 Å². The fourth-order valence-corrected chi connectivity index (χ4v) is 2.93. The monoisotopic (exact) mass is 216 g/mol. The molecule has 0 spiro atoms. The van der Waals surface area contributed by atoms with E-state index in [1.807, 2.05) is 23.1 Å². The molecule has 1 unspecified atom stereocenters. The van der Waals surface area contributed by atoms with Crippen molar-refractivity contribution < 1.29 is 5.11 Å². The molecular formula is C10H16OS2. The summed E-state index contributed by atoms with van der Waals surface area (Å²) in [6.07, 6.45) is 2.08. The third-order valence-corrected chi connectivity index (χ3v) is 4.05. The van der Waals surface area contributed by atoms with Crippen LogP contribution < -0.4 is 0 Å². The van der Waals surface area contributed by atoms with Crippen LogP contribution in [0.15, 0.2) is 17.5 Å². The lowest BCUT2D eigenvalue weighted by Gasteiger charge is -2.07. The first-order valence-corrected chi connectivity index (χ1v) is 6.50. The van der Waals surface area contributed by atoms with E-state index in [2.05, 4.69) is 24.4 Å². The Balaban J connectivity index is 2.07. The minimum absolute atomic E-state index is 0.313. The molecule has 1 N–H and O–H groups in total. The van der Waals surface area contributed by atoms with Crippen LogP contribution in [-0.4, -0.2) is 22.7 Å². The molecule has 0 aliphatic carbocycles. The largest absolute Gasteiger partial charge is 0.396 e. The Labute approximate surface area is 88.2 Å². The van der Waals surface area contributed by atoms with Gasteiger partial charge in [-0.2, -0.15) is 11.8 Å². The Bertz CT molecular complexity index is 209. The van der Waals surface area contributed by atoms with Gasteiger partial charge in [0.2, 0.25) is 0 Å². The normalized spacial score (nSPS) is 13.1. The summed E-state index contributed by atoms with van der Waals surface area (Å²) in [5, 5.41) is 11.4. The third-order valence-electron chi connectivity index (χ3n) is 1.87. The molecule has 0 amide bonds. The Morgan fingerprint density at radius 1 is 1.62 bits per heavy atom. The quantitative estimate of drug-likeness (QED) is 0.789. The molecule has 1 rings (SSSR count). The summed E-state index contributed by atoms with van der Waals surface area (Å²) in [6.45, 7) is 2.49. The number of thiophene rings is 1. The number of aryl methyl sites for hydroxylation is 1. The molecular weight excluding hydrogens is 200 g/mol. The van der Waals surface area contributed by atoms with Gasteiger partial charge in [-0.05, 0) is 30.0 Å². The zero-order valence-corrected chi connectivity index (χ0v) is 9.53. The second-order valence-corrected chi connectivity index (χ2v) is 5.60. The fraction of sp³-hybridized carbons (Fsp3) is 0.600. The number of rotatable bonds is 6. The van der Waals surface area contributed by atoms with Crippen molar-refractivity contribution in [1.29, 1.82) is 0 Å². The van der Waals surface area contributed by atoms with Crippen LogP contribution in [0.5, 0.6) is 0 Å². The van der Waals surface area contributed by atoms with Crippen molar-refractivity contribution in [3.63, 3.8) is 0 Å². The van der Waals surface area contributed by atoms with Crippen LogP contribution in [0.4, 0.5) is 0 Å².